The third-order valence-corrected chi connectivity index (χ3v) is 5.27. The van der Waals surface area contributed by atoms with Gasteiger partial charge in [0.2, 0.25) is 11.7 Å². The number of amides is 1. The summed E-state index contributed by atoms with van der Waals surface area (Å²) in [6.07, 6.45) is 0.635. The first-order valence-corrected chi connectivity index (χ1v) is 12.1. The third-order valence-electron chi connectivity index (χ3n) is 4.97. The van der Waals surface area contributed by atoms with Gasteiger partial charge in [-0.2, -0.15) is 4.98 Å². The molecule has 0 atom stereocenters. The number of pyridine rings is 1. The van der Waals surface area contributed by atoms with Crippen LogP contribution in [0.1, 0.15) is 28.9 Å². The molecule has 0 fully saturated rings. The van der Waals surface area contributed by atoms with Crippen molar-refractivity contribution in [2.75, 3.05) is 43.3 Å². The number of benzene rings is 1. The molecule has 19 heteroatoms. The maximum absolute atomic E-state index is 14.9. The number of anilines is 5. The Morgan fingerprint density at radius 2 is 1.79 bits per heavy atom. The topological polar surface area (TPSA) is 192 Å². The third kappa shape index (κ3) is 8.23. The van der Waals surface area contributed by atoms with E-state index in [1.165, 1.54) is 19.9 Å². The predicted octanol–water partition coefficient (Wildman–Crippen LogP) is -4.16. The largest absolute Gasteiger partial charge is 1.00 e. The molecule has 0 radical (unpaired) electrons. The average molecular weight is 635 g/mol. The Morgan fingerprint density at radius 3 is 2.40 bits per heavy atom. The molecule has 0 saturated heterocycles. The monoisotopic (exact) mass is 635 g/mol. The van der Waals surface area contributed by atoms with E-state index in [2.05, 4.69) is 30.1 Å². The van der Waals surface area contributed by atoms with E-state index in [0.717, 1.165) is 18.2 Å². The molecular formula is C23H24FN6Na2O9P. The zero-order valence-corrected chi connectivity index (χ0v) is 27.1. The summed E-state index contributed by atoms with van der Waals surface area (Å²) in [5.74, 6) is -7.28. The van der Waals surface area contributed by atoms with E-state index in [-0.39, 0.29) is 81.3 Å². The summed E-state index contributed by atoms with van der Waals surface area (Å²) < 4.78 is 133. The van der Waals surface area contributed by atoms with Crippen molar-refractivity contribution in [1.29, 1.82) is 0 Å². The normalized spacial score (nSPS) is 18.6. The average Bonchev–Trinajstić information content (AvgIpc) is 2.89. The maximum Gasteiger partial charge on any atom is 1.00 e. The molecule has 1 aliphatic heterocycles. The number of carbonyl (C=O) groups is 1. The number of hydrogen-bond donors (Lipinski definition) is 2. The van der Waals surface area contributed by atoms with Crippen molar-refractivity contribution in [2.45, 2.75) is 19.4 Å². The molecule has 0 aliphatic carbocycles. The van der Waals surface area contributed by atoms with Gasteiger partial charge in [0.1, 0.15) is 12.5 Å². The Labute approximate surface area is 299 Å². The Balaban J connectivity index is 0.00000486. The van der Waals surface area contributed by atoms with Crippen LogP contribution < -0.4 is 103 Å². The number of carbonyl (C=O) groups excluding carboxylic acids is 1. The zero-order chi connectivity index (χ0) is 38.5. The molecule has 0 bridgehead atoms. The predicted molar refractivity (Wildman–Crippen MR) is 135 cm³/mol. The molecule has 0 unspecified atom stereocenters. The molecule has 214 valence electrons. The van der Waals surface area contributed by atoms with Crippen LogP contribution in [0, 0.1) is 5.82 Å². The number of fused-ring (bicyclic) bond motifs is 1. The molecule has 0 saturated carbocycles. The Hall–Kier alpha value is -2.24. The second kappa shape index (κ2) is 14.5. The molecule has 15 nitrogen and oxygen atoms in total. The van der Waals surface area contributed by atoms with E-state index in [9.17, 15) is 23.5 Å². The first-order chi connectivity index (χ1) is 23.0. The van der Waals surface area contributed by atoms with Gasteiger partial charge in [0.15, 0.2) is 40.3 Å². The van der Waals surface area contributed by atoms with Gasteiger partial charge >= 0.3 is 59.1 Å². The smallest absolute Gasteiger partial charge is 0.790 e. The van der Waals surface area contributed by atoms with Crippen LogP contribution in [-0.4, -0.2) is 54.3 Å². The number of halogens is 1. The van der Waals surface area contributed by atoms with Crippen molar-refractivity contribution in [2.24, 2.45) is 0 Å². The van der Waals surface area contributed by atoms with Gasteiger partial charge < -0.3 is 48.5 Å². The quantitative estimate of drug-likeness (QED) is 0.161. The summed E-state index contributed by atoms with van der Waals surface area (Å²) in [5, 5.41) is 4.95. The number of aromatic nitrogens is 3. The van der Waals surface area contributed by atoms with Crippen LogP contribution in [0.3, 0.4) is 0 Å². The summed E-state index contributed by atoms with van der Waals surface area (Å²) in [6.45, 7) is -1.16. The van der Waals surface area contributed by atoms with Crippen molar-refractivity contribution in [3.05, 3.63) is 36.3 Å². The fourth-order valence-electron chi connectivity index (χ4n) is 3.27. The maximum atomic E-state index is 14.9. The fourth-order valence-corrected chi connectivity index (χ4v) is 3.45. The number of rotatable bonds is 10. The molecule has 0 spiro atoms. The van der Waals surface area contributed by atoms with Gasteiger partial charge in [-0.3, -0.25) is 9.69 Å². The van der Waals surface area contributed by atoms with E-state index in [4.69, 9.17) is 34.0 Å². The van der Waals surface area contributed by atoms with Crippen LogP contribution in [0.2, 0.25) is 0 Å². The molecule has 4 rings (SSSR count). The Kier molecular flexibility index (Phi) is 7.69. The summed E-state index contributed by atoms with van der Waals surface area (Å²) in [7, 11) is -15.6. The number of nitrogens with zero attached hydrogens (tertiary/aromatic N) is 4. The van der Waals surface area contributed by atoms with Gasteiger partial charge in [-0.15, -0.1) is 0 Å². The van der Waals surface area contributed by atoms with E-state index < -0.39 is 87.8 Å². The summed E-state index contributed by atoms with van der Waals surface area (Å²) in [5.41, 5.74) is -2.07. The van der Waals surface area contributed by atoms with E-state index in [0.29, 0.717) is 6.20 Å². The van der Waals surface area contributed by atoms with Crippen molar-refractivity contribution in [3.63, 3.8) is 0 Å². The van der Waals surface area contributed by atoms with Gasteiger partial charge in [-0.05, 0) is 26.0 Å². The second-order valence-electron chi connectivity index (χ2n) is 8.15. The zero-order valence-electron chi connectivity index (χ0n) is 33.2. The van der Waals surface area contributed by atoms with E-state index >= 15 is 0 Å². The fraction of sp³-hybridized carbons (Fsp3) is 0.304. The standard InChI is InChI=1S/C23H26FN6O9P.2Na/c1-23(2)21(31)30(11-38-40(32,33)34)20-14(39-23)6-7-17(28-20)27-19-13(24)10-25-22(29-19)26-12-8-15(35-3)18(37-5)16(9-12)36-4;;/h6-10H,11H2,1-5H3,(H2,32,33,34)(H2,25,26,27,28,29);;/q;2*+1/p-2/i3D3,4D3,5D3,11D2;;. The van der Waals surface area contributed by atoms with Crippen molar-refractivity contribution >= 4 is 42.8 Å². The molecule has 42 heavy (non-hydrogen) atoms. The minimum absolute atomic E-state index is 0. The molecule has 3 heterocycles. The minimum atomic E-state index is -6.01. The number of hydrogen-bond acceptors (Lipinski definition) is 14. The summed E-state index contributed by atoms with van der Waals surface area (Å²) >= 11 is 0. The van der Waals surface area contributed by atoms with Gasteiger partial charge in [-0.1, -0.05) is 0 Å². The van der Waals surface area contributed by atoms with Crippen molar-refractivity contribution < 1.29 is 121 Å². The minimum Gasteiger partial charge on any atom is -0.790 e. The number of nitrogens with one attached hydrogen (secondary N) is 2. The van der Waals surface area contributed by atoms with Crippen LogP contribution in [0.15, 0.2) is 30.5 Å². The Bertz CT molecular complexity index is 1850. The second-order valence-corrected chi connectivity index (χ2v) is 9.23. The molecule has 1 aromatic carbocycles. The van der Waals surface area contributed by atoms with Crippen molar-refractivity contribution in [3.8, 4) is 23.0 Å². The molecule has 2 aromatic heterocycles. The Morgan fingerprint density at radius 1 is 1.12 bits per heavy atom. The number of ether oxygens (including phenoxy) is 4. The summed E-state index contributed by atoms with van der Waals surface area (Å²) in [6, 6.07) is 4.06. The van der Waals surface area contributed by atoms with Crippen LogP contribution in [0.5, 0.6) is 23.0 Å². The van der Waals surface area contributed by atoms with Crippen LogP contribution in [0.25, 0.3) is 0 Å². The molecule has 3 aromatic rings. The van der Waals surface area contributed by atoms with Crippen LogP contribution in [-0.2, 0) is 13.9 Å². The SMILES string of the molecule is [2H]C([2H])([2H])Oc1cc(Nc2ncc(F)c(Nc3ccc4c(n3)N(C([2H])([2H])OP(=O)([O-])[O-])C(=O)C(C)(C)O4)n2)cc(OC([2H])([2H])[2H])c1OC([2H])([2H])[2H].[Na+].[Na+]. The van der Waals surface area contributed by atoms with Crippen LogP contribution >= 0.6 is 7.82 Å². The van der Waals surface area contributed by atoms with Gasteiger partial charge in [0, 0.05) is 17.8 Å². The van der Waals surface area contributed by atoms with Gasteiger partial charge in [0.25, 0.3) is 5.91 Å². The number of phosphoric ester groups is 1. The first-order valence-electron chi connectivity index (χ1n) is 16.1. The first kappa shape index (κ1) is 22.3. The van der Waals surface area contributed by atoms with Crippen LogP contribution in [0.4, 0.5) is 33.5 Å². The molecule has 2 N–H and O–H groups in total. The van der Waals surface area contributed by atoms with Gasteiger partial charge in [-0.25, -0.2) is 14.4 Å². The van der Waals surface area contributed by atoms with Crippen molar-refractivity contribution in [1.82, 2.24) is 15.0 Å². The summed E-state index contributed by atoms with van der Waals surface area (Å²) in [4.78, 5) is 47.4. The molecular weight excluding hydrogens is 600 g/mol. The number of phosphoric acid groups is 1. The number of methoxy groups -OCH3 is 3. The molecule has 1 aliphatic rings. The van der Waals surface area contributed by atoms with E-state index in [1.54, 1.807) is 0 Å². The van der Waals surface area contributed by atoms with E-state index in [1.807, 2.05) is 0 Å². The molecule has 1 amide bonds. The van der Waals surface area contributed by atoms with Gasteiger partial charge in [0.05, 0.1) is 50.2 Å².